The fourth-order valence-corrected chi connectivity index (χ4v) is 3.89. The molecule has 0 aliphatic rings. The largest absolute Gasteiger partial charge is 0.495 e. The second-order valence-corrected chi connectivity index (χ2v) is 7.70. The average Bonchev–Trinajstić information content (AvgIpc) is 3.41. The first-order valence-electron chi connectivity index (χ1n) is 10.1. The number of fused-ring (bicyclic) bond motifs is 3. The molecule has 0 aliphatic heterocycles. The van der Waals surface area contributed by atoms with Crippen molar-refractivity contribution in [3.8, 4) is 17.1 Å². The van der Waals surface area contributed by atoms with Gasteiger partial charge < -0.3 is 18.9 Å². The summed E-state index contributed by atoms with van der Waals surface area (Å²) < 4.78 is 17.2. The number of halogens is 1. The average molecular weight is 447 g/mol. The summed E-state index contributed by atoms with van der Waals surface area (Å²) in [5.41, 5.74) is 2.78. The van der Waals surface area contributed by atoms with Gasteiger partial charge in [-0.25, -0.2) is 4.98 Å². The summed E-state index contributed by atoms with van der Waals surface area (Å²) in [6.45, 7) is 0. The Bertz CT molecular complexity index is 1440. The lowest BCUT2D eigenvalue weighted by Gasteiger charge is -2.10. The zero-order chi connectivity index (χ0) is 22.1. The Labute approximate surface area is 188 Å². The fraction of sp³-hybridized carbons (Fsp3) is 0.120. The van der Waals surface area contributed by atoms with Crippen molar-refractivity contribution in [3.05, 3.63) is 77.8 Å². The number of nitrogens with one attached hydrogen (secondary N) is 1. The van der Waals surface area contributed by atoms with E-state index in [1.54, 1.807) is 25.4 Å². The number of hydrogen-bond acceptors (Lipinski definition) is 5. The highest BCUT2D eigenvalue weighted by atomic mass is 35.5. The number of methoxy groups -OCH3 is 1. The highest BCUT2D eigenvalue weighted by molar-refractivity contribution is 6.33. The van der Waals surface area contributed by atoms with Crippen LogP contribution in [0, 0.1) is 0 Å². The van der Waals surface area contributed by atoms with Gasteiger partial charge in [-0.3, -0.25) is 4.79 Å². The molecule has 0 atom stereocenters. The Morgan fingerprint density at radius 3 is 2.69 bits per heavy atom. The normalized spacial score (nSPS) is 11.2. The maximum absolute atomic E-state index is 12.6. The Balaban J connectivity index is 1.31. The number of hydrogen-bond donors (Lipinski definition) is 1. The molecule has 0 saturated carbocycles. The van der Waals surface area contributed by atoms with Crippen LogP contribution in [-0.2, 0) is 11.2 Å². The molecule has 1 N–H and O–H groups in total. The van der Waals surface area contributed by atoms with E-state index in [9.17, 15) is 4.79 Å². The Morgan fingerprint density at radius 2 is 1.84 bits per heavy atom. The lowest BCUT2D eigenvalue weighted by molar-refractivity contribution is -0.116. The highest BCUT2D eigenvalue weighted by Crippen LogP contribution is 2.36. The predicted octanol–water partition coefficient (Wildman–Crippen LogP) is 6.47. The molecule has 7 heteroatoms. The first-order chi connectivity index (χ1) is 15.6. The van der Waals surface area contributed by atoms with Gasteiger partial charge in [0.1, 0.15) is 16.9 Å². The highest BCUT2D eigenvalue weighted by Gasteiger charge is 2.15. The van der Waals surface area contributed by atoms with E-state index in [2.05, 4.69) is 10.3 Å². The van der Waals surface area contributed by atoms with Crippen LogP contribution in [0.5, 0.6) is 5.75 Å². The molecule has 1 amide bonds. The molecular weight excluding hydrogens is 428 g/mol. The SMILES string of the molecule is COc1cc2c(cc1NC(=O)CCc1ncc(-c3ccccc3Cl)o1)oc1ccccc12. The van der Waals surface area contributed by atoms with Gasteiger partial charge in [0, 0.05) is 35.2 Å². The third-order valence-electron chi connectivity index (χ3n) is 5.23. The standard InChI is InChI=1S/C25H19ClN2O4/c1-30-22-12-17-15-6-3-5-9-20(15)31-21(17)13-19(22)28-24(29)10-11-25-27-14-23(32-25)16-7-2-4-8-18(16)26/h2-9,12-14H,10-11H2,1H3,(H,28,29). The molecule has 32 heavy (non-hydrogen) atoms. The number of aryl methyl sites for hydroxylation is 1. The number of rotatable bonds is 6. The van der Waals surface area contributed by atoms with Crippen molar-refractivity contribution in [2.45, 2.75) is 12.8 Å². The minimum atomic E-state index is -0.184. The van der Waals surface area contributed by atoms with Crippen LogP contribution in [0.3, 0.4) is 0 Å². The Kier molecular flexibility index (Phi) is 5.29. The maximum atomic E-state index is 12.6. The van der Waals surface area contributed by atoms with Gasteiger partial charge in [0.2, 0.25) is 5.91 Å². The number of amides is 1. The van der Waals surface area contributed by atoms with Crippen molar-refractivity contribution in [1.82, 2.24) is 4.98 Å². The van der Waals surface area contributed by atoms with E-state index in [4.69, 9.17) is 25.2 Å². The molecule has 2 heterocycles. The molecule has 0 fully saturated rings. The third kappa shape index (κ3) is 3.81. The molecule has 5 rings (SSSR count). The van der Waals surface area contributed by atoms with Crippen LogP contribution in [-0.4, -0.2) is 18.0 Å². The summed E-state index contributed by atoms with van der Waals surface area (Å²) in [6, 6.07) is 18.8. The Hall–Kier alpha value is -3.77. The Morgan fingerprint density at radius 1 is 1.03 bits per heavy atom. The smallest absolute Gasteiger partial charge is 0.224 e. The van der Waals surface area contributed by atoms with Gasteiger partial charge in [0.05, 0.1) is 24.0 Å². The molecule has 0 aliphatic carbocycles. The number of anilines is 1. The number of carbonyl (C=O) groups excluding carboxylic acids is 1. The van der Waals surface area contributed by atoms with Crippen LogP contribution < -0.4 is 10.1 Å². The lowest BCUT2D eigenvalue weighted by Crippen LogP contribution is -2.13. The first kappa shape index (κ1) is 20.2. The summed E-state index contributed by atoms with van der Waals surface area (Å²) in [6.07, 6.45) is 2.17. The summed E-state index contributed by atoms with van der Waals surface area (Å²) in [5.74, 6) is 1.42. The van der Waals surface area contributed by atoms with Crippen molar-refractivity contribution in [1.29, 1.82) is 0 Å². The predicted molar refractivity (Wildman–Crippen MR) is 124 cm³/mol. The van der Waals surface area contributed by atoms with Gasteiger partial charge in [-0.1, -0.05) is 41.9 Å². The maximum Gasteiger partial charge on any atom is 0.224 e. The number of para-hydroxylation sites is 1. The van der Waals surface area contributed by atoms with Crippen LogP contribution in [0.2, 0.25) is 5.02 Å². The van der Waals surface area contributed by atoms with Gasteiger partial charge in [0.15, 0.2) is 11.7 Å². The number of carbonyl (C=O) groups is 1. The second kappa shape index (κ2) is 8.40. The summed E-state index contributed by atoms with van der Waals surface area (Å²) in [4.78, 5) is 16.9. The topological polar surface area (TPSA) is 77.5 Å². The van der Waals surface area contributed by atoms with Crippen LogP contribution in [0.1, 0.15) is 12.3 Å². The van der Waals surface area contributed by atoms with E-state index in [1.165, 1.54) is 0 Å². The molecule has 3 aromatic carbocycles. The van der Waals surface area contributed by atoms with Crippen molar-refractivity contribution >= 4 is 45.1 Å². The number of oxazole rings is 1. The van der Waals surface area contributed by atoms with E-state index in [1.807, 2.05) is 48.5 Å². The van der Waals surface area contributed by atoms with Crippen molar-refractivity contribution in [2.75, 3.05) is 12.4 Å². The molecule has 0 bridgehead atoms. The monoisotopic (exact) mass is 446 g/mol. The second-order valence-electron chi connectivity index (χ2n) is 7.29. The summed E-state index contributed by atoms with van der Waals surface area (Å²) in [7, 11) is 1.57. The number of ether oxygens (including phenoxy) is 1. The number of benzene rings is 3. The number of aromatic nitrogens is 1. The van der Waals surface area contributed by atoms with E-state index < -0.39 is 0 Å². The van der Waals surface area contributed by atoms with Crippen molar-refractivity contribution in [3.63, 3.8) is 0 Å². The number of furan rings is 1. The van der Waals surface area contributed by atoms with Crippen molar-refractivity contribution in [2.24, 2.45) is 0 Å². The van der Waals surface area contributed by atoms with Gasteiger partial charge in [-0.05, 0) is 24.3 Å². The molecule has 2 aromatic heterocycles. The van der Waals surface area contributed by atoms with Crippen LogP contribution in [0.25, 0.3) is 33.3 Å². The van der Waals surface area contributed by atoms with Crippen LogP contribution >= 0.6 is 11.6 Å². The molecule has 160 valence electrons. The molecule has 0 unspecified atom stereocenters. The first-order valence-corrected chi connectivity index (χ1v) is 10.5. The van der Waals surface area contributed by atoms with E-state index in [-0.39, 0.29) is 12.3 Å². The summed E-state index contributed by atoms with van der Waals surface area (Å²) >= 11 is 6.21. The molecule has 0 saturated heterocycles. The van der Waals surface area contributed by atoms with E-state index >= 15 is 0 Å². The van der Waals surface area contributed by atoms with Crippen molar-refractivity contribution < 1.29 is 18.4 Å². The van der Waals surface area contributed by atoms with Crippen LogP contribution in [0.4, 0.5) is 5.69 Å². The molecule has 6 nitrogen and oxygen atoms in total. The lowest BCUT2D eigenvalue weighted by atomic mass is 10.1. The quantitative estimate of drug-likeness (QED) is 0.323. The fourth-order valence-electron chi connectivity index (χ4n) is 3.66. The molecular formula is C25H19ClN2O4. The zero-order valence-corrected chi connectivity index (χ0v) is 18.0. The molecule has 5 aromatic rings. The van der Waals surface area contributed by atoms with Gasteiger partial charge in [-0.15, -0.1) is 0 Å². The van der Waals surface area contributed by atoms with Gasteiger partial charge >= 0.3 is 0 Å². The molecule has 0 spiro atoms. The van der Waals surface area contributed by atoms with E-state index in [0.29, 0.717) is 40.1 Å². The minimum Gasteiger partial charge on any atom is -0.495 e. The molecule has 0 radical (unpaired) electrons. The van der Waals surface area contributed by atoms with E-state index in [0.717, 1.165) is 21.9 Å². The van der Waals surface area contributed by atoms with Gasteiger partial charge in [-0.2, -0.15) is 0 Å². The van der Waals surface area contributed by atoms with Gasteiger partial charge in [0.25, 0.3) is 0 Å². The third-order valence-corrected chi connectivity index (χ3v) is 5.56. The summed E-state index contributed by atoms with van der Waals surface area (Å²) in [5, 5.41) is 5.42. The zero-order valence-electron chi connectivity index (χ0n) is 17.2. The number of nitrogens with zero attached hydrogens (tertiary/aromatic N) is 1. The minimum absolute atomic E-state index is 0.184. The van der Waals surface area contributed by atoms with Crippen LogP contribution in [0.15, 0.2) is 75.7 Å².